The minimum Gasteiger partial charge on any atom is -0.490 e. The number of hydrogen-bond donors (Lipinski definition) is 1. The molecule has 110 valence electrons. The summed E-state index contributed by atoms with van der Waals surface area (Å²) in [5, 5.41) is 3.30. The summed E-state index contributed by atoms with van der Waals surface area (Å²) in [6, 6.07) is 8.19. The lowest BCUT2D eigenvalue weighted by molar-refractivity contribution is 0.303. The number of aromatic nitrogens is 2. The van der Waals surface area contributed by atoms with Crippen molar-refractivity contribution in [3.05, 3.63) is 35.7 Å². The monoisotopic (exact) mass is 283 g/mol. The lowest BCUT2D eigenvalue weighted by atomic mass is 10.1. The van der Waals surface area contributed by atoms with Gasteiger partial charge in [0.2, 0.25) is 0 Å². The van der Waals surface area contributed by atoms with Crippen LogP contribution in [-0.4, -0.2) is 22.6 Å². The molecule has 1 aliphatic carbocycles. The van der Waals surface area contributed by atoms with Gasteiger partial charge in [0.15, 0.2) is 0 Å². The quantitative estimate of drug-likeness (QED) is 0.908. The minimum atomic E-state index is 0.430. The molecule has 0 amide bonds. The third-order valence-corrected chi connectivity index (χ3v) is 3.56. The number of nitrogens with one attached hydrogen (secondary N) is 1. The fraction of sp³-hybridized carbons (Fsp3) is 0.412. The first-order chi connectivity index (χ1) is 10.2. The van der Waals surface area contributed by atoms with E-state index < -0.39 is 0 Å². The van der Waals surface area contributed by atoms with Gasteiger partial charge in [-0.25, -0.2) is 9.97 Å². The smallest absolute Gasteiger partial charge is 0.133 e. The SMILES string of the molecule is CCNc1nc(C)nc(-c2ccc(OC3CC3)cc2)c1C. The molecule has 21 heavy (non-hydrogen) atoms. The predicted molar refractivity (Wildman–Crippen MR) is 84.8 cm³/mol. The van der Waals surface area contributed by atoms with Gasteiger partial charge in [-0.05, 0) is 57.9 Å². The van der Waals surface area contributed by atoms with Gasteiger partial charge in [-0.15, -0.1) is 0 Å². The molecule has 1 aromatic carbocycles. The van der Waals surface area contributed by atoms with Crippen LogP contribution < -0.4 is 10.1 Å². The molecule has 1 heterocycles. The van der Waals surface area contributed by atoms with Crippen molar-refractivity contribution < 1.29 is 4.74 Å². The summed E-state index contributed by atoms with van der Waals surface area (Å²) in [4.78, 5) is 9.06. The number of aryl methyl sites for hydroxylation is 1. The van der Waals surface area contributed by atoms with Crippen molar-refractivity contribution in [1.82, 2.24) is 9.97 Å². The highest BCUT2D eigenvalue weighted by Gasteiger charge is 2.23. The van der Waals surface area contributed by atoms with Gasteiger partial charge in [0.25, 0.3) is 0 Å². The van der Waals surface area contributed by atoms with Crippen molar-refractivity contribution in [3.8, 4) is 17.0 Å². The second kappa shape index (κ2) is 5.72. The molecule has 2 aromatic rings. The molecule has 0 unspecified atom stereocenters. The fourth-order valence-electron chi connectivity index (χ4n) is 2.32. The van der Waals surface area contributed by atoms with Crippen molar-refractivity contribution in [2.45, 2.75) is 39.7 Å². The van der Waals surface area contributed by atoms with E-state index >= 15 is 0 Å². The van der Waals surface area contributed by atoms with Crippen LogP contribution in [0.15, 0.2) is 24.3 Å². The molecule has 1 aromatic heterocycles. The number of benzene rings is 1. The Kier molecular flexibility index (Phi) is 3.78. The highest BCUT2D eigenvalue weighted by Crippen LogP contribution is 2.30. The molecular formula is C17H21N3O. The van der Waals surface area contributed by atoms with Gasteiger partial charge in [-0.2, -0.15) is 0 Å². The van der Waals surface area contributed by atoms with Gasteiger partial charge >= 0.3 is 0 Å². The van der Waals surface area contributed by atoms with E-state index in [4.69, 9.17) is 4.74 Å². The molecule has 0 aliphatic heterocycles. The van der Waals surface area contributed by atoms with Crippen LogP contribution >= 0.6 is 0 Å². The summed E-state index contributed by atoms with van der Waals surface area (Å²) in [6.07, 6.45) is 2.79. The van der Waals surface area contributed by atoms with E-state index in [0.717, 1.165) is 40.8 Å². The van der Waals surface area contributed by atoms with Crippen LogP contribution in [0.4, 0.5) is 5.82 Å². The van der Waals surface area contributed by atoms with Crippen molar-refractivity contribution in [2.75, 3.05) is 11.9 Å². The summed E-state index contributed by atoms with van der Waals surface area (Å²) in [5.41, 5.74) is 3.16. The zero-order valence-corrected chi connectivity index (χ0v) is 12.8. The van der Waals surface area contributed by atoms with E-state index in [-0.39, 0.29) is 0 Å². The maximum absolute atomic E-state index is 5.79. The second-order valence-corrected chi connectivity index (χ2v) is 5.46. The molecule has 1 aliphatic rings. The van der Waals surface area contributed by atoms with Crippen molar-refractivity contribution in [2.24, 2.45) is 0 Å². The van der Waals surface area contributed by atoms with Gasteiger partial charge in [0, 0.05) is 17.7 Å². The first kappa shape index (κ1) is 13.9. The highest BCUT2D eigenvalue weighted by molar-refractivity contribution is 5.68. The average Bonchev–Trinajstić information content (AvgIpc) is 3.28. The molecule has 3 rings (SSSR count). The molecule has 0 bridgehead atoms. The number of ether oxygens (including phenoxy) is 1. The Hall–Kier alpha value is -2.10. The fourth-order valence-corrected chi connectivity index (χ4v) is 2.32. The molecule has 0 saturated heterocycles. The molecule has 0 atom stereocenters. The summed E-state index contributed by atoms with van der Waals surface area (Å²) in [5.74, 6) is 2.64. The molecule has 1 saturated carbocycles. The van der Waals surface area contributed by atoms with E-state index in [1.807, 2.05) is 19.1 Å². The lowest BCUT2D eigenvalue weighted by Gasteiger charge is -2.12. The van der Waals surface area contributed by atoms with Crippen molar-refractivity contribution in [3.63, 3.8) is 0 Å². The third-order valence-electron chi connectivity index (χ3n) is 3.56. The zero-order valence-electron chi connectivity index (χ0n) is 12.8. The Labute approximate surface area is 125 Å². The summed E-state index contributed by atoms with van der Waals surface area (Å²) in [6.45, 7) is 6.90. The number of hydrogen-bond acceptors (Lipinski definition) is 4. The van der Waals surface area contributed by atoms with Gasteiger partial charge in [-0.3, -0.25) is 0 Å². The van der Waals surface area contributed by atoms with Gasteiger partial charge in [0.1, 0.15) is 17.4 Å². The Bertz CT molecular complexity index is 633. The van der Waals surface area contributed by atoms with Crippen LogP contribution in [0.2, 0.25) is 0 Å². The normalized spacial score (nSPS) is 14.0. The Morgan fingerprint density at radius 3 is 2.48 bits per heavy atom. The zero-order chi connectivity index (χ0) is 14.8. The first-order valence-electron chi connectivity index (χ1n) is 7.53. The minimum absolute atomic E-state index is 0.430. The largest absolute Gasteiger partial charge is 0.490 e. The maximum Gasteiger partial charge on any atom is 0.133 e. The maximum atomic E-state index is 5.79. The number of nitrogens with zero attached hydrogens (tertiary/aromatic N) is 2. The Morgan fingerprint density at radius 2 is 1.86 bits per heavy atom. The molecular weight excluding hydrogens is 262 g/mol. The summed E-state index contributed by atoms with van der Waals surface area (Å²) in [7, 11) is 0. The van der Waals surface area contributed by atoms with Gasteiger partial charge in [0.05, 0.1) is 11.8 Å². The first-order valence-corrected chi connectivity index (χ1v) is 7.53. The topological polar surface area (TPSA) is 47.0 Å². The van der Waals surface area contributed by atoms with E-state index in [9.17, 15) is 0 Å². The standard InChI is InChI=1S/C17H21N3O/c1-4-18-17-11(2)16(19-12(3)20-17)13-5-7-14(8-6-13)21-15-9-10-15/h5-8,15H,4,9-10H2,1-3H3,(H,18,19,20). The van der Waals surface area contributed by atoms with Crippen molar-refractivity contribution >= 4 is 5.82 Å². The predicted octanol–water partition coefficient (Wildman–Crippen LogP) is 3.73. The van der Waals surface area contributed by atoms with Crippen LogP contribution in [-0.2, 0) is 0 Å². The van der Waals surface area contributed by atoms with Crippen LogP contribution in [0.25, 0.3) is 11.3 Å². The van der Waals surface area contributed by atoms with Gasteiger partial charge < -0.3 is 10.1 Å². The summed E-state index contributed by atoms with van der Waals surface area (Å²) < 4.78 is 5.79. The molecule has 0 radical (unpaired) electrons. The lowest BCUT2D eigenvalue weighted by Crippen LogP contribution is -2.06. The van der Waals surface area contributed by atoms with Crippen molar-refractivity contribution in [1.29, 1.82) is 0 Å². The number of anilines is 1. The summed E-state index contributed by atoms with van der Waals surface area (Å²) >= 11 is 0. The molecule has 4 nitrogen and oxygen atoms in total. The highest BCUT2D eigenvalue weighted by atomic mass is 16.5. The van der Waals surface area contributed by atoms with E-state index in [0.29, 0.717) is 6.10 Å². The van der Waals surface area contributed by atoms with Gasteiger partial charge in [-0.1, -0.05) is 0 Å². The Morgan fingerprint density at radius 1 is 1.14 bits per heavy atom. The molecule has 0 spiro atoms. The molecule has 4 heteroatoms. The van der Waals surface area contributed by atoms with E-state index in [1.165, 1.54) is 12.8 Å². The van der Waals surface area contributed by atoms with Crippen LogP contribution in [0, 0.1) is 13.8 Å². The van der Waals surface area contributed by atoms with E-state index in [2.05, 4.69) is 41.3 Å². The Balaban J connectivity index is 1.91. The average molecular weight is 283 g/mol. The molecule has 1 N–H and O–H groups in total. The molecule has 1 fully saturated rings. The third kappa shape index (κ3) is 3.15. The van der Waals surface area contributed by atoms with E-state index in [1.54, 1.807) is 0 Å². The van der Waals surface area contributed by atoms with Crippen LogP contribution in [0.3, 0.4) is 0 Å². The number of rotatable bonds is 5. The van der Waals surface area contributed by atoms with Crippen LogP contribution in [0.1, 0.15) is 31.2 Å². The van der Waals surface area contributed by atoms with Crippen LogP contribution in [0.5, 0.6) is 5.75 Å². The second-order valence-electron chi connectivity index (χ2n) is 5.46.